The van der Waals surface area contributed by atoms with Gasteiger partial charge in [-0.3, -0.25) is 9.78 Å². The predicted octanol–water partition coefficient (Wildman–Crippen LogP) is 2.90. The van der Waals surface area contributed by atoms with E-state index in [0.717, 1.165) is 16.5 Å². The molecule has 30 heavy (non-hydrogen) atoms. The smallest absolute Gasteiger partial charge is 0.353 e. The van der Waals surface area contributed by atoms with Crippen LogP contribution in [-0.4, -0.2) is 41.8 Å². The fraction of sp³-hybridized carbons (Fsp3) is 0.217. The molecule has 7 heteroatoms. The van der Waals surface area contributed by atoms with Gasteiger partial charge in [-0.15, -0.1) is 0 Å². The zero-order chi connectivity index (χ0) is 21.0. The summed E-state index contributed by atoms with van der Waals surface area (Å²) in [6.07, 6.45) is 2.26. The number of aromatic nitrogens is 1. The molecule has 0 spiro atoms. The molecular formula is C23H21N3O4. The number of nitrogens with one attached hydrogen (secondary N) is 1. The number of benzene rings is 2. The molecule has 152 valence electrons. The van der Waals surface area contributed by atoms with Crippen LogP contribution in [0.25, 0.3) is 10.9 Å². The largest absolute Gasteiger partial charge is 0.466 e. The van der Waals surface area contributed by atoms with Crippen molar-refractivity contribution >= 4 is 28.5 Å². The Morgan fingerprint density at radius 2 is 1.93 bits per heavy atom. The summed E-state index contributed by atoms with van der Waals surface area (Å²) < 4.78 is 4.97. The number of pyridine rings is 1. The number of fused-ring (bicyclic) bond motifs is 1. The molecule has 0 saturated carbocycles. The van der Waals surface area contributed by atoms with Gasteiger partial charge in [0, 0.05) is 30.0 Å². The van der Waals surface area contributed by atoms with Gasteiger partial charge in [-0.2, -0.15) is 0 Å². The maximum Gasteiger partial charge on any atom is 0.353 e. The van der Waals surface area contributed by atoms with Crippen molar-refractivity contribution in [1.82, 2.24) is 10.3 Å². The minimum atomic E-state index is -1.22. The molecule has 0 fully saturated rings. The number of carbonyl (C=O) groups is 2. The fourth-order valence-electron chi connectivity index (χ4n) is 3.61. The Kier molecular flexibility index (Phi) is 5.43. The third-order valence-electron chi connectivity index (χ3n) is 5.07. The molecule has 3 aromatic rings. The number of hydrogen-bond donors (Lipinski definition) is 1. The lowest BCUT2D eigenvalue weighted by Crippen LogP contribution is -2.43. The first-order valence-electron chi connectivity index (χ1n) is 9.59. The second-order valence-electron chi connectivity index (χ2n) is 7.13. The molecule has 0 bridgehead atoms. The number of ether oxygens (including phenoxy) is 1. The Morgan fingerprint density at radius 1 is 1.10 bits per heavy atom. The van der Waals surface area contributed by atoms with Crippen LogP contribution in [0.15, 0.2) is 72.0 Å². The van der Waals surface area contributed by atoms with Crippen LogP contribution in [0.3, 0.4) is 0 Å². The van der Waals surface area contributed by atoms with E-state index in [9.17, 15) is 9.59 Å². The van der Waals surface area contributed by atoms with E-state index in [1.165, 1.54) is 7.11 Å². The topological polar surface area (TPSA) is 89.9 Å². The van der Waals surface area contributed by atoms with Gasteiger partial charge in [-0.1, -0.05) is 47.6 Å². The number of carbonyl (C=O) groups excluding carboxylic acids is 2. The van der Waals surface area contributed by atoms with Gasteiger partial charge < -0.3 is 14.9 Å². The van der Waals surface area contributed by atoms with Crippen molar-refractivity contribution in [2.45, 2.75) is 18.4 Å². The Hall–Kier alpha value is -3.74. The number of amides is 1. The molecule has 1 aromatic heterocycles. The lowest BCUT2D eigenvalue weighted by Gasteiger charge is -2.23. The van der Waals surface area contributed by atoms with E-state index < -0.39 is 11.6 Å². The van der Waals surface area contributed by atoms with Gasteiger partial charge in [-0.25, -0.2) is 4.79 Å². The highest BCUT2D eigenvalue weighted by atomic mass is 16.7. The Bertz CT molecular complexity index is 1110. The highest BCUT2D eigenvalue weighted by Crippen LogP contribution is 2.30. The maximum absolute atomic E-state index is 12.7. The molecule has 1 N–H and O–H groups in total. The van der Waals surface area contributed by atoms with Crippen molar-refractivity contribution < 1.29 is 19.2 Å². The molecular weight excluding hydrogens is 382 g/mol. The molecule has 1 amide bonds. The summed E-state index contributed by atoms with van der Waals surface area (Å²) in [6.45, 7) is 0.170. The van der Waals surface area contributed by atoms with Crippen molar-refractivity contribution in [2.75, 3.05) is 13.7 Å². The predicted molar refractivity (Wildman–Crippen MR) is 112 cm³/mol. The average Bonchev–Trinajstić information content (AvgIpc) is 3.21. The third kappa shape index (κ3) is 3.87. The molecule has 0 saturated heterocycles. The molecule has 0 aliphatic carbocycles. The van der Waals surface area contributed by atoms with Gasteiger partial charge in [0.15, 0.2) is 0 Å². The lowest BCUT2D eigenvalue weighted by atomic mass is 9.89. The zero-order valence-electron chi connectivity index (χ0n) is 16.5. The molecule has 1 atom stereocenters. The number of oxime groups is 1. The third-order valence-corrected chi connectivity index (χ3v) is 5.07. The quantitative estimate of drug-likeness (QED) is 0.639. The fourth-order valence-corrected chi connectivity index (χ4v) is 3.61. The molecule has 1 aliphatic heterocycles. The van der Waals surface area contributed by atoms with Crippen LogP contribution in [0, 0.1) is 0 Å². The zero-order valence-corrected chi connectivity index (χ0v) is 16.5. The molecule has 2 aromatic carbocycles. The monoisotopic (exact) mass is 403 g/mol. The van der Waals surface area contributed by atoms with Gasteiger partial charge in [0.1, 0.15) is 0 Å². The van der Waals surface area contributed by atoms with E-state index >= 15 is 0 Å². The SMILES string of the molecule is COC(=O)C1(Cc2ccccc2)CC(CNC(=O)c2cccc3ncccc23)=NO1. The van der Waals surface area contributed by atoms with Gasteiger partial charge in [0.05, 0.1) is 24.9 Å². The summed E-state index contributed by atoms with van der Waals surface area (Å²) in [5.74, 6) is -0.730. The van der Waals surface area contributed by atoms with Crippen LogP contribution < -0.4 is 5.32 Å². The maximum atomic E-state index is 12.7. The van der Waals surface area contributed by atoms with E-state index in [1.807, 2.05) is 42.5 Å². The number of methoxy groups -OCH3 is 1. The first-order chi connectivity index (χ1) is 14.6. The minimum Gasteiger partial charge on any atom is -0.466 e. The highest BCUT2D eigenvalue weighted by molar-refractivity contribution is 6.07. The van der Waals surface area contributed by atoms with Crippen LogP contribution in [0.4, 0.5) is 0 Å². The summed E-state index contributed by atoms with van der Waals surface area (Å²) in [4.78, 5) is 35.1. The van der Waals surface area contributed by atoms with Crippen LogP contribution >= 0.6 is 0 Å². The molecule has 4 rings (SSSR count). The van der Waals surface area contributed by atoms with Crippen LogP contribution in [0.5, 0.6) is 0 Å². The number of rotatable bonds is 6. The number of esters is 1. The van der Waals surface area contributed by atoms with Crippen molar-refractivity contribution in [3.8, 4) is 0 Å². The van der Waals surface area contributed by atoms with Crippen LogP contribution in [0.2, 0.25) is 0 Å². The van der Waals surface area contributed by atoms with Crippen molar-refractivity contribution in [3.63, 3.8) is 0 Å². The Morgan fingerprint density at radius 3 is 2.73 bits per heavy atom. The second kappa shape index (κ2) is 8.32. The van der Waals surface area contributed by atoms with Crippen molar-refractivity contribution in [3.05, 3.63) is 78.0 Å². The summed E-state index contributed by atoms with van der Waals surface area (Å²) in [7, 11) is 1.33. The molecule has 1 aliphatic rings. The first-order valence-corrected chi connectivity index (χ1v) is 9.59. The Labute approximate surface area is 173 Å². The average molecular weight is 403 g/mol. The molecule has 0 radical (unpaired) electrons. The van der Waals surface area contributed by atoms with E-state index in [0.29, 0.717) is 17.7 Å². The van der Waals surface area contributed by atoms with E-state index in [2.05, 4.69) is 15.5 Å². The second-order valence-corrected chi connectivity index (χ2v) is 7.13. The number of hydrogen-bond acceptors (Lipinski definition) is 6. The molecule has 7 nitrogen and oxygen atoms in total. The van der Waals surface area contributed by atoms with Gasteiger partial charge >= 0.3 is 5.97 Å². The summed E-state index contributed by atoms with van der Waals surface area (Å²) in [5.41, 5.74) is 1.57. The summed E-state index contributed by atoms with van der Waals surface area (Å²) in [5, 5.41) is 7.71. The van der Waals surface area contributed by atoms with Crippen molar-refractivity contribution in [2.24, 2.45) is 5.16 Å². The first kappa shape index (κ1) is 19.6. The highest BCUT2D eigenvalue weighted by Gasteiger charge is 2.47. The van der Waals surface area contributed by atoms with E-state index in [-0.39, 0.29) is 18.9 Å². The van der Waals surface area contributed by atoms with Crippen LogP contribution in [-0.2, 0) is 20.8 Å². The van der Waals surface area contributed by atoms with Crippen LogP contribution in [0.1, 0.15) is 22.3 Å². The van der Waals surface area contributed by atoms with E-state index in [1.54, 1.807) is 24.4 Å². The van der Waals surface area contributed by atoms with Gasteiger partial charge in [-0.05, 0) is 23.8 Å². The Balaban J connectivity index is 1.45. The standard InChI is InChI=1S/C23H21N3O4/c1-29-22(28)23(13-16-7-3-2-4-8-16)14-17(26-30-23)15-25-21(27)19-9-5-11-20-18(19)10-6-12-24-20/h2-12H,13-15H2,1H3,(H,25,27). The summed E-state index contributed by atoms with van der Waals surface area (Å²) >= 11 is 0. The van der Waals surface area contributed by atoms with Gasteiger partial charge in [0.25, 0.3) is 5.91 Å². The van der Waals surface area contributed by atoms with E-state index in [4.69, 9.17) is 9.57 Å². The number of nitrogens with zero attached hydrogens (tertiary/aromatic N) is 2. The lowest BCUT2D eigenvalue weighted by molar-refractivity contribution is -0.166. The summed E-state index contributed by atoms with van der Waals surface area (Å²) in [6, 6.07) is 18.6. The molecule has 2 heterocycles. The molecule has 1 unspecified atom stereocenters. The van der Waals surface area contributed by atoms with Crippen molar-refractivity contribution in [1.29, 1.82) is 0 Å². The minimum absolute atomic E-state index is 0.170. The normalized spacial score (nSPS) is 17.8. The van der Waals surface area contributed by atoms with Gasteiger partial charge in [0.2, 0.25) is 5.60 Å².